The van der Waals surface area contributed by atoms with Crippen LogP contribution in [0.4, 0.5) is 0 Å². The molecule has 0 atom stereocenters. The Bertz CT molecular complexity index is 1320. The minimum atomic E-state index is -4.63. The van der Waals surface area contributed by atoms with Gasteiger partial charge in [-0.25, -0.2) is 10.5 Å². The van der Waals surface area contributed by atoms with Crippen LogP contribution in [0.2, 0.25) is 0 Å². The quantitative estimate of drug-likeness (QED) is 0.102. The predicted molar refractivity (Wildman–Crippen MR) is 103 cm³/mol. The number of hydrogen-bond donors (Lipinski definition) is 4. The van der Waals surface area contributed by atoms with Crippen LogP contribution in [0.1, 0.15) is 0 Å². The third-order valence-electron chi connectivity index (χ3n) is 4.35. The smallest absolute Gasteiger partial charge is 0.295 e. The number of rotatable bonds is 7. The molecule has 13 heteroatoms. The third-order valence-corrected chi connectivity index (χ3v) is 6.54. The summed E-state index contributed by atoms with van der Waals surface area (Å²) in [5, 5.41) is 37.1. The zero-order valence-electron chi connectivity index (χ0n) is 13.9. The lowest BCUT2D eigenvalue weighted by Crippen LogP contribution is -2.01. The van der Waals surface area contributed by atoms with E-state index in [0.717, 1.165) is 0 Å². The summed E-state index contributed by atoms with van der Waals surface area (Å²) in [6, 6.07) is 8.90. The second kappa shape index (κ2) is 7.73. The number of aromatic hydroxyl groups is 1. The van der Waals surface area contributed by atoms with Crippen molar-refractivity contribution < 1.29 is 47.3 Å². The topological polar surface area (TPSA) is 152 Å². The highest BCUT2D eigenvalue weighted by Gasteiger charge is 2.23. The van der Waals surface area contributed by atoms with Gasteiger partial charge in [-0.15, -0.1) is 8.67 Å². The van der Waals surface area contributed by atoms with Gasteiger partial charge in [0.1, 0.15) is 10.6 Å². The van der Waals surface area contributed by atoms with Gasteiger partial charge in [0.25, 0.3) is 10.1 Å². The van der Waals surface area contributed by atoms with Gasteiger partial charge in [-0.05, 0) is 29.0 Å². The zero-order chi connectivity index (χ0) is 20.8. The molecule has 0 amide bonds. The van der Waals surface area contributed by atoms with E-state index in [1.165, 1.54) is 24.3 Å². The molecule has 0 fully saturated rings. The largest absolute Gasteiger partial charge is 0.507 e. The first kappa shape index (κ1) is 20.4. The van der Waals surface area contributed by atoms with E-state index in [1.54, 1.807) is 12.1 Å². The van der Waals surface area contributed by atoms with Crippen molar-refractivity contribution >= 4 is 66.5 Å². The fourth-order valence-corrected chi connectivity index (χ4v) is 5.18. The van der Waals surface area contributed by atoms with Gasteiger partial charge in [0.2, 0.25) is 0 Å². The number of benzene rings is 4. The van der Waals surface area contributed by atoms with Crippen molar-refractivity contribution in [2.24, 2.45) is 0 Å². The molecule has 4 N–H and O–H groups in total. The van der Waals surface area contributed by atoms with Gasteiger partial charge in [0, 0.05) is 26.4 Å². The first-order valence-electron chi connectivity index (χ1n) is 7.61. The molecule has 4 aromatic carbocycles. The van der Waals surface area contributed by atoms with Crippen LogP contribution in [-0.4, -0.2) is 28.6 Å². The maximum atomic E-state index is 12.0. The molecular formula is C16H10O10S3. The van der Waals surface area contributed by atoms with E-state index in [0.29, 0.717) is 55.9 Å². The fourth-order valence-electron chi connectivity index (χ4n) is 3.33. The van der Waals surface area contributed by atoms with Gasteiger partial charge in [0.05, 0.1) is 29.0 Å². The SMILES string of the molecule is O=S(=O)(O)c1cc(SOOO)c2ccc3c(SOOO)cc(O)c4ccc1c2c43. The van der Waals surface area contributed by atoms with Gasteiger partial charge in [-0.2, -0.15) is 8.42 Å². The van der Waals surface area contributed by atoms with E-state index in [-0.39, 0.29) is 16.0 Å². The summed E-state index contributed by atoms with van der Waals surface area (Å²) in [5.41, 5.74) is 0. The molecule has 0 heterocycles. The molecule has 0 saturated carbocycles. The van der Waals surface area contributed by atoms with Crippen LogP contribution in [-0.2, 0) is 28.9 Å². The lowest BCUT2D eigenvalue weighted by molar-refractivity contribution is -0.432. The van der Waals surface area contributed by atoms with E-state index in [1.807, 2.05) is 0 Å². The Hall–Kier alpha value is -1.91. The van der Waals surface area contributed by atoms with Crippen molar-refractivity contribution in [2.45, 2.75) is 14.7 Å². The van der Waals surface area contributed by atoms with Crippen LogP contribution in [0.5, 0.6) is 5.75 Å². The number of phenolic OH excluding ortho intramolecular Hbond substituents is 1. The van der Waals surface area contributed by atoms with Gasteiger partial charge in [-0.1, -0.05) is 28.3 Å². The second-order valence-electron chi connectivity index (χ2n) is 5.76. The Balaban J connectivity index is 2.19. The van der Waals surface area contributed by atoms with Gasteiger partial charge in [0.15, 0.2) is 0 Å². The minimum absolute atomic E-state index is 0.127. The Labute approximate surface area is 170 Å². The van der Waals surface area contributed by atoms with Crippen LogP contribution >= 0.6 is 24.1 Å². The molecular weight excluding hydrogens is 448 g/mol. The van der Waals surface area contributed by atoms with Crippen molar-refractivity contribution in [1.29, 1.82) is 0 Å². The van der Waals surface area contributed by atoms with Gasteiger partial charge >= 0.3 is 0 Å². The summed E-state index contributed by atoms with van der Waals surface area (Å²) in [7, 11) is -4.63. The highest BCUT2D eigenvalue weighted by atomic mass is 32.2. The highest BCUT2D eigenvalue weighted by molar-refractivity contribution is 7.95. The molecule has 0 aliphatic carbocycles. The third kappa shape index (κ3) is 3.47. The molecule has 0 unspecified atom stereocenters. The summed E-state index contributed by atoms with van der Waals surface area (Å²) in [4.78, 5) is 0.205. The predicted octanol–water partition coefficient (Wildman–Crippen LogP) is 4.39. The Kier molecular flexibility index (Phi) is 5.43. The average Bonchev–Trinajstić information content (AvgIpc) is 2.69. The maximum absolute atomic E-state index is 12.0. The lowest BCUT2D eigenvalue weighted by atomic mass is 9.94. The molecule has 4 rings (SSSR count). The van der Waals surface area contributed by atoms with Crippen LogP contribution in [0.25, 0.3) is 32.3 Å². The van der Waals surface area contributed by atoms with Crippen LogP contribution in [0.15, 0.2) is 51.1 Å². The summed E-state index contributed by atoms with van der Waals surface area (Å²) in [6.07, 6.45) is 0. The molecule has 0 saturated heterocycles. The molecule has 0 aliphatic rings. The van der Waals surface area contributed by atoms with Crippen molar-refractivity contribution in [3.63, 3.8) is 0 Å². The Morgan fingerprint density at radius 2 is 1.24 bits per heavy atom. The first-order valence-corrected chi connectivity index (χ1v) is 10.5. The van der Waals surface area contributed by atoms with Gasteiger partial charge in [-0.3, -0.25) is 4.55 Å². The molecule has 29 heavy (non-hydrogen) atoms. The molecule has 0 radical (unpaired) electrons. The normalized spacial score (nSPS) is 12.5. The van der Waals surface area contributed by atoms with Crippen LogP contribution < -0.4 is 0 Å². The second-order valence-corrected chi connectivity index (χ2v) is 8.64. The van der Waals surface area contributed by atoms with E-state index >= 15 is 0 Å². The molecule has 152 valence electrons. The standard InChI is InChI=1S/C16H10O10S3/c17-11-5-12(27-25-23-18)8-2-3-9-13(28-26-24-19)6-14(29(20,21)22)10-4-1-7(11)15(8)16(9)10/h1-6,17-19H,(H,20,21,22). The molecule has 4 aromatic rings. The summed E-state index contributed by atoms with van der Waals surface area (Å²) in [6.45, 7) is 0. The molecule has 0 spiro atoms. The fraction of sp³-hybridized carbons (Fsp3) is 0. The minimum Gasteiger partial charge on any atom is -0.507 e. The number of phenols is 1. The number of hydrogen-bond acceptors (Lipinski definition) is 11. The molecule has 0 aromatic heterocycles. The lowest BCUT2D eigenvalue weighted by Gasteiger charge is -2.17. The van der Waals surface area contributed by atoms with Crippen molar-refractivity contribution in [2.75, 3.05) is 0 Å². The Morgan fingerprint density at radius 3 is 1.79 bits per heavy atom. The summed E-state index contributed by atoms with van der Waals surface area (Å²) in [5.74, 6) is -0.127. The first-order chi connectivity index (χ1) is 13.9. The zero-order valence-corrected chi connectivity index (χ0v) is 16.4. The highest BCUT2D eigenvalue weighted by Crippen LogP contribution is 2.46. The van der Waals surface area contributed by atoms with E-state index in [9.17, 15) is 18.1 Å². The maximum Gasteiger partial charge on any atom is 0.295 e. The summed E-state index contributed by atoms with van der Waals surface area (Å²) < 4.78 is 42.6. The Morgan fingerprint density at radius 1 is 0.759 bits per heavy atom. The van der Waals surface area contributed by atoms with Crippen molar-refractivity contribution in [3.8, 4) is 5.75 Å². The molecule has 0 bridgehead atoms. The monoisotopic (exact) mass is 458 g/mol. The van der Waals surface area contributed by atoms with Crippen LogP contribution in [0.3, 0.4) is 0 Å². The molecule has 0 aliphatic heterocycles. The molecule has 10 nitrogen and oxygen atoms in total. The average molecular weight is 458 g/mol. The van der Waals surface area contributed by atoms with Crippen molar-refractivity contribution in [3.05, 3.63) is 36.4 Å². The van der Waals surface area contributed by atoms with E-state index in [4.69, 9.17) is 10.5 Å². The summed E-state index contributed by atoms with van der Waals surface area (Å²) >= 11 is 1.16. The van der Waals surface area contributed by atoms with E-state index < -0.39 is 15.0 Å². The van der Waals surface area contributed by atoms with Gasteiger partial charge < -0.3 is 5.11 Å². The van der Waals surface area contributed by atoms with Crippen molar-refractivity contribution in [1.82, 2.24) is 0 Å². The van der Waals surface area contributed by atoms with E-state index in [2.05, 4.69) is 18.7 Å². The van der Waals surface area contributed by atoms with Crippen LogP contribution in [0, 0.1) is 0 Å².